The third-order valence-corrected chi connectivity index (χ3v) is 5.32. The van der Waals surface area contributed by atoms with Crippen molar-refractivity contribution in [2.75, 3.05) is 5.32 Å². The molecule has 0 bridgehead atoms. The molecule has 6 heteroatoms. The molecule has 0 spiro atoms. The molecule has 33 heavy (non-hydrogen) atoms. The summed E-state index contributed by atoms with van der Waals surface area (Å²) < 4.78 is 13.1. The molecule has 0 radical (unpaired) electrons. The number of aromatic nitrogens is 2. The highest BCUT2D eigenvalue weighted by Gasteiger charge is 2.07. The number of carbonyl (C=O) groups excluding carboxylic acids is 1. The first-order chi connectivity index (χ1) is 16.0. The molecule has 0 unspecified atom stereocenters. The van der Waals surface area contributed by atoms with Gasteiger partial charge in [-0.05, 0) is 77.7 Å². The number of nitrogens with zero attached hydrogens (tertiary/aromatic N) is 2. The van der Waals surface area contributed by atoms with Gasteiger partial charge in [-0.1, -0.05) is 38.1 Å². The summed E-state index contributed by atoms with van der Waals surface area (Å²) in [4.78, 5) is 12.5. The lowest BCUT2D eigenvalue weighted by Crippen LogP contribution is -2.22. The van der Waals surface area contributed by atoms with Crippen LogP contribution in [0.1, 0.15) is 41.3 Å². The predicted octanol–water partition coefficient (Wildman–Crippen LogP) is 6.08. The van der Waals surface area contributed by atoms with Gasteiger partial charge in [0.1, 0.15) is 5.82 Å². The van der Waals surface area contributed by atoms with Crippen LogP contribution < -0.4 is 10.6 Å². The average molecular weight is 441 g/mol. The van der Waals surface area contributed by atoms with Crippen molar-refractivity contribution in [2.45, 2.75) is 26.3 Å². The number of hydrogen-bond donors (Lipinski definition) is 2. The van der Waals surface area contributed by atoms with Gasteiger partial charge in [-0.3, -0.25) is 4.79 Å². The Balaban J connectivity index is 1.33. The second-order valence-corrected chi connectivity index (χ2v) is 8.09. The summed E-state index contributed by atoms with van der Waals surface area (Å²) in [7, 11) is 0. The molecule has 5 nitrogen and oxygen atoms in total. The number of hydrogen-bond acceptors (Lipinski definition) is 4. The first kappa shape index (κ1) is 22.1. The summed E-state index contributed by atoms with van der Waals surface area (Å²) in [6.07, 6.45) is 0. The molecule has 3 aromatic carbocycles. The smallest absolute Gasteiger partial charge is 0.251 e. The Morgan fingerprint density at radius 2 is 1.55 bits per heavy atom. The summed E-state index contributed by atoms with van der Waals surface area (Å²) in [6.45, 7) is 4.79. The lowest BCUT2D eigenvalue weighted by Gasteiger charge is -2.09. The molecule has 1 heterocycles. The van der Waals surface area contributed by atoms with Crippen LogP contribution in [-0.2, 0) is 6.54 Å². The molecule has 0 fully saturated rings. The topological polar surface area (TPSA) is 66.9 Å². The van der Waals surface area contributed by atoms with Gasteiger partial charge in [0.05, 0.1) is 5.69 Å². The standard InChI is InChI=1S/C27H25FN4O/c1-18(2)20-5-3-19(4-6-20)17-29-27(33)22-9-13-24(14-10-22)30-26-16-15-25(31-32-26)21-7-11-23(28)12-8-21/h3-16,18H,17H2,1-2H3,(H,29,33)(H,30,32). The van der Waals surface area contributed by atoms with E-state index in [1.807, 2.05) is 30.3 Å². The summed E-state index contributed by atoms with van der Waals surface area (Å²) in [5.74, 6) is 0.641. The van der Waals surface area contributed by atoms with Gasteiger partial charge in [-0.2, -0.15) is 0 Å². The molecular formula is C27H25FN4O. The molecular weight excluding hydrogens is 415 g/mol. The molecule has 0 aliphatic carbocycles. The number of amides is 1. The van der Waals surface area contributed by atoms with E-state index in [1.165, 1.54) is 17.7 Å². The quantitative estimate of drug-likeness (QED) is 0.365. The van der Waals surface area contributed by atoms with Crippen molar-refractivity contribution in [3.63, 3.8) is 0 Å². The van der Waals surface area contributed by atoms with Gasteiger partial charge in [0.25, 0.3) is 5.91 Å². The van der Waals surface area contributed by atoms with Gasteiger partial charge >= 0.3 is 0 Å². The summed E-state index contributed by atoms with van der Waals surface area (Å²) in [5, 5.41) is 14.5. The lowest BCUT2D eigenvalue weighted by atomic mass is 10.0. The average Bonchev–Trinajstić information content (AvgIpc) is 2.84. The van der Waals surface area contributed by atoms with E-state index in [4.69, 9.17) is 0 Å². The van der Waals surface area contributed by atoms with Gasteiger partial charge in [-0.25, -0.2) is 4.39 Å². The fraction of sp³-hybridized carbons (Fsp3) is 0.148. The van der Waals surface area contributed by atoms with E-state index in [0.717, 1.165) is 16.8 Å². The van der Waals surface area contributed by atoms with E-state index in [-0.39, 0.29) is 11.7 Å². The first-order valence-corrected chi connectivity index (χ1v) is 10.8. The molecule has 1 amide bonds. The van der Waals surface area contributed by atoms with Crippen LogP contribution in [0.15, 0.2) is 84.9 Å². The normalized spacial score (nSPS) is 10.8. The number of carbonyl (C=O) groups is 1. The van der Waals surface area contributed by atoms with E-state index < -0.39 is 0 Å². The molecule has 0 aliphatic heterocycles. The molecule has 0 saturated heterocycles. The number of nitrogens with one attached hydrogen (secondary N) is 2. The minimum Gasteiger partial charge on any atom is -0.348 e. The Bertz CT molecular complexity index is 1200. The van der Waals surface area contributed by atoms with Crippen LogP contribution in [0.4, 0.5) is 15.9 Å². The van der Waals surface area contributed by atoms with Crippen molar-refractivity contribution < 1.29 is 9.18 Å². The Hall–Kier alpha value is -4.06. The van der Waals surface area contributed by atoms with E-state index in [2.05, 4.69) is 46.8 Å². The molecule has 0 aliphatic rings. The van der Waals surface area contributed by atoms with Crippen LogP contribution in [0.5, 0.6) is 0 Å². The predicted molar refractivity (Wildman–Crippen MR) is 129 cm³/mol. The van der Waals surface area contributed by atoms with Crippen molar-refractivity contribution in [1.82, 2.24) is 15.5 Å². The molecule has 1 aromatic heterocycles. The maximum absolute atomic E-state index is 13.1. The Kier molecular flexibility index (Phi) is 6.74. The minimum absolute atomic E-state index is 0.127. The van der Waals surface area contributed by atoms with Gasteiger partial charge in [-0.15, -0.1) is 10.2 Å². The highest BCUT2D eigenvalue weighted by Crippen LogP contribution is 2.20. The van der Waals surface area contributed by atoms with Crippen molar-refractivity contribution in [3.8, 4) is 11.3 Å². The second-order valence-electron chi connectivity index (χ2n) is 8.09. The fourth-order valence-corrected chi connectivity index (χ4v) is 3.33. The zero-order valence-corrected chi connectivity index (χ0v) is 18.5. The van der Waals surface area contributed by atoms with Gasteiger partial charge in [0, 0.05) is 23.4 Å². The highest BCUT2D eigenvalue weighted by molar-refractivity contribution is 5.94. The SMILES string of the molecule is CC(C)c1ccc(CNC(=O)c2ccc(Nc3ccc(-c4ccc(F)cc4)nn3)cc2)cc1. The largest absolute Gasteiger partial charge is 0.348 e. The second kappa shape index (κ2) is 10.0. The third kappa shape index (κ3) is 5.80. The molecule has 166 valence electrons. The van der Waals surface area contributed by atoms with Crippen LogP contribution in [0, 0.1) is 5.82 Å². The van der Waals surface area contributed by atoms with Gasteiger partial charge in [0.15, 0.2) is 5.82 Å². The number of halogens is 1. The molecule has 4 rings (SSSR count). The number of rotatable bonds is 7. The number of benzene rings is 3. The first-order valence-electron chi connectivity index (χ1n) is 10.8. The van der Waals surface area contributed by atoms with Gasteiger partial charge in [0.2, 0.25) is 0 Å². The maximum atomic E-state index is 13.1. The van der Waals surface area contributed by atoms with Crippen molar-refractivity contribution >= 4 is 17.4 Å². The minimum atomic E-state index is -0.289. The van der Waals surface area contributed by atoms with E-state index in [9.17, 15) is 9.18 Å². The summed E-state index contributed by atoms with van der Waals surface area (Å²) >= 11 is 0. The van der Waals surface area contributed by atoms with Crippen molar-refractivity contribution in [2.24, 2.45) is 0 Å². The van der Waals surface area contributed by atoms with Crippen LogP contribution in [0.2, 0.25) is 0 Å². The van der Waals surface area contributed by atoms with Crippen molar-refractivity contribution in [3.05, 3.63) is 107 Å². The van der Waals surface area contributed by atoms with Crippen LogP contribution >= 0.6 is 0 Å². The molecule has 2 N–H and O–H groups in total. The Labute approximate surface area is 192 Å². The highest BCUT2D eigenvalue weighted by atomic mass is 19.1. The third-order valence-electron chi connectivity index (χ3n) is 5.32. The van der Waals surface area contributed by atoms with Crippen LogP contribution in [0.3, 0.4) is 0 Å². The molecule has 4 aromatic rings. The Morgan fingerprint density at radius 3 is 2.15 bits per heavy atom. The molecule has 0 saturated carbocycles. The van der Waals surface area contributed by atoms with Gasteiger partial charge < -0.3 is 10.6 Å². The monoisotopic (exact) mass is 440 g/mol. The summed E-state index contributed by atoms with van der Waals surface area (Å²) in [5.41, 5.74) is 5.17. The lowest BCUT2D eigenvalue weighted by molar-refractivity contribution is 0.0951. The van der Waals surface area contributed by atoms with Crippen LogP contribution in [-0.4, -0.2) is 16.1 Å². The van der Waals surface area contributed by atoms with E-state index >= 15 is 0 Å². The van der Waals surface area contributed by atoms with E-state index in [1.54, 1.807) is 30.3 Å². The zero-order chi connectivity index (χ0) is 23.2. The fourth-order valence-electron chi connectivity index (χ4n) is 3.33. The summed E-state index contributed by atoms with van der Waals surface area (Å²) in [6, 6.07) is 25.2. The molecule has 0 atom stereocenters. The maximum Gasteiger partial charge on any atom is 0.251 e. The van der Waals surface area contributed by atoms with E-state index in [0.29, 0.717) is 29.5 Å². The Morgan fingerprint density at radius 1 is 0.848 bits per heavy atom. The zero-order valence-electron chi connectivity index (χ0n) is 18.5. The van der Waals surface area contributed by atoms with Crippen LogP contribution in [0.25, 0.3) is 11.3 Å². The number of anilines is 2. The van der Waals surface area contributed by atoms with Crippen molar-refractivity contribution in [1.29, 1.82) is 0 Å².